The zero-order chi connectivity index (χ0) is 20.5. The van der Waals surface area contributed by atoms with E-state index >= 15 is 0 Å². The van der Waals surface area contributed by atoms with Gasteiger partial charge in [-0.15, -0.1) is 0 Å². The number of benzene rings is 1. The Kier molecular flexibility index (Phi) is 4.70. The molecule has 0 aliphatic carbocycles. The van der Waals surface area contributed by atoms with Crippen LogP contribution >= 0.6 is 0 Å². The van der Waals surface area contributed by atoms with Crippen LogP contribution in [0.15, 0.2) is 67.1 Å². The second kappa shape index (κ2) is 7.20. The highest BCUT2D eigenvalue weighted by molar-refractivity contribution is 5.94. The maximum absolute atomic E-state index is 13.0. The summed E-state index contributed by atoms with van der Waals surface area (Å²) in [6.45, 7) is 0.271. The molecule has 0 radical (unpaired) electrons. The lowest BCUT2D eigenvalue weighted by Crippen LogP contribution is -2.50. The monoisotopic (exact) mass is 399 g/mol. The van der Waals surface area contributed by atoms with Gasteiger partial charge in [-0.3, -0.25) is 14.8 Å². The smallest absolute Gasteiger partial charge is 0.416 e. The number of fused-ring (bicyclic) bond motifs is 1. The van der Waals surface area contributed by atoms with E-state index in [-0.39, 0.29) is 6.61 Å². The van der Waals surface area contributed by atoms with E-state index in [4.69, 9.17) is 4.74 Å². The molecule has 1 atom stereocenters. The molecular formula is C21H16F3N3O2. The number of nitrogens with one attached hydrogen (secondary N) is 1. The molecule has 148 valence electrons. The molecule has 4 rings (SSSR count). The molecule has 29 heavy (non-hydrogen) atoms. The van der Waals surface area contributed by atoms with E-state index in [1.165, 1.54) is 18.3 Å². The molecule has 0 fully saturated rings. The summed E-state index contributed by atoms with van der Waals surface area (Å²) in [6.07, 6.45) is 0.398. The molecule has 0 saturated heterocycles. The Bertz CT molecular complexity index is 1020. The highest BCUT2D eigenvalue weighted by Crippen LogP contribution is 2.41. The topological polar surface area (TPSA) is 64.1 Å². The second-order valence-electron chi connectivity index (χ2n) is 6.62. The van der Waals surface area contributed by atoms with Crippen LogP contribution in [0.2, 0.25) is 0 Å². The van der Waals surface area contributed by atoms with Gasteiger partial charge >= 0.3 is 6.18 Å². The number of rotatable bonds is 3. The zero-order valence-corrected chi connectivity index (χ0v) is 15.1. The molecule has 0 unspecified atom stereocenters. The van der Waals surface area contributed by atoms with Gasteiger partial charge in [0.05, 0.1) is 17.7 Å². The van der Waals surface area contributed by atoms with Gasteiger partial charge in [-0.05, 0) is 42.0 Å². The first-order chi connectivity index (χ1) is 13.9. The number of amides is 1. The molecule has 1 aromatic carbocycles. The van der Waals surface area contributed by atoms with Gasteiger partial charge in [0.2, 0.25) is 0 Å². The van der Waals surface area contributed by atoms with Crippen molar-refractivity contribution in [3.05, 3.63) is 89.5 Å². The van der Waals surface area contributed by atoms with Crippen LogP contribution in [0.25, 0.3) is 0 Å². The van der Waals surface area contributed by atoms with Gasteiger partial charge in [-0.1, -0.05) is 12.1 Å². The van der Waals surface area contributed by atoms with Gasteiger partial charge in [0.15, 0.2) is 0 Å². The third kappa shape index (κ3) is 3.53. The largest absolute Gasteiger partial charge is 0.491 e. The summed E-state index contributed by atoms with van der Waals surface area (Å²) in [5.41, 5.74) is -0.619. The Balaban J connectivity index is 1.82. The highest BCUT2D eigenvalue weighted by Gasteiger charge is 2.43. The van der Waals surface area contributed by atoms with Gasteiger partial charge in [0.1, 0.15) is 17.0 Å². The van der Waals surface area contributed by atoms with Crippen molar-refractivity contribution >= 4 is 5.91 Å². The summed E-state index contributed by atoms with van der Waals surface area (Å²) in [6, 6.07) is 11.4. The van der Waals surface area contributed by atoms with Crippen molar-refractivity contribution in [2.75, 3.05) is 6.61 Å². The van der Waals surface area contributed by atoms with Crippen LogP contribution in [0.5, 0.6) is 5.75 Å². The average Bonchev–Trinajstić information content (AvgIpc) is 2.74. The first-order valence-corrected chi connectivity index (χ1v) is 8.89. The molecule has 1 aliphatic heterocycles. The van der Waals surface area contributed by atoms with Crippen LogP contribution in [0.4, 0.5) is 13.2 Å². The summed E-state index contributed by atoms with van der Waals surface area (Å²) in [4.78, 5) is 21.3. The number of aromatic nitrogens is 2. The van der Waals surface area contributed by atoms with Crippen molar-refractivity contribution in [2.45, 2.75) is 18.1 Å². The van der Waals surface area contributed by atoms with Gasteiger partial charge in [-0.2, -0.15) is 13.2 Å². The van der Waals surface area contributed by atoms with E-state index in [9.17, 15) is 18.0 Å². The van der Waals surface area contributed by atoms with E-state index < -0.39 is 23.2 Å². The predicted molar refractivity (Wildman–Crippen MR) is 98.3 cm³/mol. The minimum Gasteiger partial charge on any atom is -0.491 e. The number of carbonyl (C=O) groups excluding carboxylic acids is 1. The highest BCUT2D eigenvalue weighted by atomic mass is 19.4. The standard InChI is InChI=1S/C21H16F3N3O2/c22-21(23,24)16-7-5-15(6-8-16)20(27-19(28)14-3-1-10-25-13-14)9-12-29-17-4-2-11-26-18(17)20/h1-8,10-11,13H,9,12H2,(H,27,28)/t20-/m0/s1. The maximum Gasteiger partial charge on any atom is 0.416 e. The number of alkyl halides is 3. The fourth-order valence-corrected chi connectivity index (χ4v) is 3.44. The van der Waals surface area contributed by atoms with Crippen molar-refractivity contribution in [2.24, 2.45) is 0 Å². The van der Waals surface area contributed by atoms with Crippen molar-refractivity contribution in [1.29, 1.82) is 0 Å². The molecule has 8 heteroatoms. The van der Waals surface area contributed by atoms with E-state index in [1.807, 2.05) is 0 Å². The Labute approximate surface area is 164 Å². The Morgan fingerprint density at radius 2 is 1.83 bits per heavy atom. The van der Waals surface area contributed by atoms with Crippen molar-refractivity contribution in [1.82, 2.24) is 15.3 Å². The normalized spacial score (nSPS) is 18.4. The number of nitrogens with zero attached hydrogens (tertiary/aromatic N) is 2. The number of hydrogen-bond donors (Lipinski definition) is 1. The SMILES string of the molecule is O=C(N[C@]1(c2ccc(C(F)(F)F)cc2)CCOc2cccnc21)c1cccnc1. The molecule has 5 nitrogen and oxygen atoms in total. The summed E-state index contributed by atoms with van der Waals surface area (Å²) < 4.78 is 44.7. The molecule has 0 bridgehead atoms. The van der Waals surface area contributed by atoms with E-state index in [2.05, 4.69) is 15.3 Å². The molecule has 3 aromatic rings. The lowest BCUT2D eigenvalue weighted by Gasteiger charge is -2.39. The predicted octanol–water partition coefficient (Wildman–Crippen LogP) is 3.95. The zero-order valence-electron chi connectivity index (χ0n) is 15.1. The molecule has 1 N–H and O–H groups in total. The quantitative estimate of drug-likeness (QED) is 0.724. The van der Waals surface area contributed by atoms with Crippen molar-refractivity contribution < 1.29 is 22.7 Å². The fraction of sp³-hybridized carbons (Fsp3) is 0.190. The third-order valence-corrected chi connectivity index (χ3v) is 4.87. The minimum atomic E-state index is -4.45. The number of carbonyl (C=O) groups is 1. The van der Waals surface area contributed by atoms with E-state index in [0.29, 0.717) is 29.0 Å². The lowest BCUT2D eigenvalue weighted by molar-refractivity contribution is -0.137. The Hall–Kier alpha value is -3.42. The van der Waals surface area contributed by atoms with Gasteiger partial charge in [-0.25, -0.2) is 0 Å². The van der Waals surface area contributed by atoms with Crippen molar-refractivity contribution in [3.63, 3.8) is 0 Å². The number of halogens is 3. The number of ether oxygens (including phenoxy) is 1. The van der Waals surface area contributed by atoms with Crippen LogP contribution < -0.4 is 10.1 Å². The Morgan fingerprint density at radius 1 is 1.07 bits per heavy atom. The van der Waals surface area contributed by atoms with E-state index in [0.717, 1.165) is 12.1 Å². The van der Waals surface area contributed by atoms with Gasteiger partial charge < -0.3 is 10.1 Å². The molecule has 2 aromatic heterocycles. The summed E-state index contributed by atoms with van der Waals surface area (Å²) in [5, 5.41) is 2.98. The van der Waals surface area contributed by atoms with Crippen molar-refractivity contribution in [3.8, 4) is 5.75 Å². The van der Waals surface area contributed by atoms with Gasteiger partial charge in [0, 0.05) is 25.0 Å². The molecule has 0 saturated carbocycles. The fourth-order valence-electron chi connectivity index (χ4n) is 3.44. The van der Waals surface area contributed by atoms with Crippen LogP contribution in [-0.2, 0) is 11.7 Å². The molecule has 1 aliphatic rings. The lowest BCUT2D eigenvalue weighted by atomic mass is 9.81. The molecule has 1 amide bonds. The second-order valence-corrected chi connectivity index (χ2v) is 6.62. The van der Waals surface area contributed by atoms with E-state index in [1.54, 1.807) is 36.7 Å². The summed E-state index contributed by atoms with van der Waals surface area (Å²) in [5.74, 6) is 0.0710. The van der Waals surface area contributed by atoms with Crippen LogP contribution in [0.3, 0.4) is 0 Å². The van der Waals surface area contributed by atoms with Crippen LogP contribution in [0.1, 0.15) is 33.6 Å². The van der Waals surface area contributed by atoms with Crippen LogP contribution in [-0.4, -0.2) is 22.5 Å². The molecule has 3 heterocycles. The van der Waals surface area contributed by atoms with Crippen LogP contribution in [0, 0.1) is 0 Å². The molecule has 0 spiro atoms. The third-order valence-electron chi connectivity index (χ3n) is 4.87. The molecular weight excluding hydrogens is 383 g/mol. The van der Waals surface area contributed by atoms with Gasteiger partial charge in [0.25, 0.3) is 5.91 Å². The minimum absolute atomic E-state index is 0.271. The first kappa shape index (κ1) is 18.9. The Morgan fingerprint density at radius 3 is 2.52 bits per heavy atom. The average molecular weight is 399 g/mol. The maximum atomic E-state index is 13.0. The number of hydrogen-bond acceptors (Lipinski definition) is 4. The number of pyridine rings is 2. The summed E-state index contributed by atoms with van der Waals surface area (Å²) in [7, 11) is 0. The summed E-state index contributed by atoms with van der Waals surface area (Å²) >= 11 is 0. The first-order valence-electron chi connectivity index (χ1n) is 8.89.